The van der Waals surface area contributed by atoms with E-state index in [1.807, 2.05) is 18.2 Å². The van der Waals surface area contributed by atoms with Crippen LogP contribution in [0.3, 0.4) is 0 Å². The highest BCUT2D eigenvalue weighted by Gasteiger charge is 2.38. The Bertz CT molecular complexity index is 693. The molecule has 6 heteroatoms. The average molecular weight is 316 g/mol. The minimum Gasteiger partial charge on any atom is -0.454 e. The number of ether oxygens (including phenoxy) is 2. The second kappa shape index (κ2) is 5.28. The number of hydrogen-bond acceptors (Lipinski definition) is 5. The van der Waals surface area contributed by atoms with E-state index in [4.69, 9.17) is 9.47 Å². The molecule has 114 valence electrons. The number of rotatable bonds is 3. The van der Waals surface area contributed by atoms with Crippen LogP contribution in [0.5, 0.6) is 11.5 Å². The smallest absolute Gasteiger partial charge is 0.271 e. The molecule has 2 aliphatic rings. The molecule has 1 aliphatic heterocycles. The molecule has 1 saturated carbocycles. The molecule has 1 amide bonds. The van der Waals surface area contributed by atoms with Crippen LogP contribution in [-0.2, 0) is 5.54 Å². The Labute approximate surface area is 132 Å². The third kappa shape index (κ3) is 2.23. The quantitative estimate of drug-likeness (QED) is 0.945. The monoisotopic (exact) mass is 316 g/mol. The zero-order valence-electron chi connectivity index (χ0n) is 12.0. The zero-order chi connectivity index (χ0) is 15.0. The summed E-state index contributed by atoms with van der Waals surface area (Å²) in [6, 6.07) is 5.95. The van der Waals surface area contributed by atoms with Crippen molar-refractivity contribution in [3.63, 3.8) is 0 Å². The first-order chi connectivity index (χ1) is 10.8. The molecule has 1 fully saturated rings. The van der Waals surface area contributed by atoms with Crippen LogP contribution < -0.4 is 14.8 Å². The van der Waals surface area contributed by atoms with Crippen LogP contribution >= 0.6 is 11.3 Å². The molecule has 1 aromatic carbocycles. The van der Waals surface area contributed by atoms with Crippen LogP contribution in [0.4, 0.5) is 0 Å². The number of fused-ring (bicyclic) bond motifs is 1. The molecule has 22 heavy (non-hydrogen) atoms. The van der Waals surface area contributed by atoms with Crippen molar-refractivity contribution in [2.24, 2.45) is 0 Å². The molecule has 2 aromatic rings. The van der Waals surface area contributed by atoms with Crippen LogP contribution in [-0.4, -0.2) is 17.7 Å². The summed E-state index contributed by atoms with van der Waals surface area (Å²) >= 11 is 1.43. The van der Waals surface area contributed by atoms with Crippen molar-refractivity contribution in [3.05, 3.63) is 40.3 Å². The van der Waals surface area contributed by atoms with Crippen LogP contribution in [0.2, 0.25) is 0 Å². The molecular formula is C16H16N2O3S. The number of amides is 1. The van der Waals surface area contributed by atoms with Crippen molar-refractivity contribution in [2.75, 3.05) is 6.79 Å². The van der Waals surface area contributed by atoms with E-state index >= 15 is 0 Å². The van der Waals surface area contributed by atoms with Gasteiger partial charge in [0.1, 0.15) is 5.69 Å². The largest absolute Gasteiger partial charge is 0.454 e. The third-order valence-electron chi connectivity index (χ3n) is 4.40. The van der Waals surface area contributed by atoms with E-state index in [1.54, 1.807) is 10.9 Å². The minimum atomic E-state index is -0.332. The lowest BCUT2D eigenvalue weighted by Gasteiger charge is -2.31. The predicted molar refractivity (Wildman–Crippen MR) is 82.3 cm³/mol. The van der Waals surface area contributed by atoms with Gasteiger partial charge in [-0.15, -0.1) is 11.3 Å². The van der Waals surface area contributed by atoms with Gasteiger partial charge in [0.2, 0.25) is 6.79 Å². The van der Waals surface area contributed by atoms with Crippen molar-refractivity contribution in [1.82, 2.24) is 10.3 Å². The van der Waals surface area contributed by atoms with Gasteiger partial charge in [-0.05, 0) is 30.5 Å². The first-order valence-electron chi connectivity index (χ1n) is 7.38. The first kappa shape index (κ1) is 13.6. The van der Waals surface area contributed by atoms with Crippen molar-refractivity contribution < 1.29 is 14.3 Å². The summed E-state index contributed by atoms with van der Waals surface area (Å²) < 4.78 is 10.8. The van der Waals surface area contributed by atoms with Crippen molar-refractivity contribution in [3.8, 4) is 11.5 Å². The Morgan fingerprint density at radius 2 is 2.05 bits per heavy atom. The first-order valence-corrected chi connectivity index (χ1v) is 8.32. The Kier molecular flexibility index (Phi) is 3.26. The normalized spacial score (nSPS) is 18.4. The number of thiazole rings is 1. The summed E-state index contributed by atoms with van der Waals surface area (Å²) in [5.74, 6) is 1.41. The molecule has 2 heterocycles. The number of carbonyl (C=O) groups is 1. The molecule has 4 rings (SSSR count). The standard InChI is InChI=1S/C16H16N2O3S/c19-15(12-8-22-9-17-12)18-16(5-1-2-6-16)11-3-4-13-14(7-11)21-10-20-13/h3-4,7-9H,1-2,5-6,10H2,(H,18,19). The van der Waals surface area contributed by atoms with Crippen molar-refractivity contribution in [1.29, 1.82) is 0 Å². The lowest BCUT2D eigenvalue weighted by Crippen LogP contribution is -2.43. The molecule has 0 atom stereocenters. The van der Waals surface area contributed by atoms with Crippen LogP contribution in [0.1, 0.15) is 41.7 Å². The van der Waals surface area contributed by atoms with Gasteiger partial charge in [0.05, 0.1) is 11.0 Å². The lowest BCUT2D eigenvalue weighted by atomic mass is 9.87. The topological polar surface area (TPSA) is 60.5 Å². The molecule has 0 saturated heterocycles. The predicted octanol–water partition coefficient (Wildman–Crippen LogP) is 3.07. The third-order valence-corrected chi connectivity index (χ3v) is 4.99. The van der Waals surface area contributed by atoms with E-state index < -0.39 is 0 Å². The number of nitrogens with one attached hydrogen (secondary N) is 1. The fourth-order valence-corrected chi connectivity index (χ4v) is 3.80. The minimum absolute atomic E-state index is 0.110. The number of carbonyl (C=O) groups excluding carboxylic acids is 1. The molecule has 1 N–H and O–H groups in total. The number of benzene rings is 1. The molecule has 0 bridgehead atoms. The van der Waals surface area contributed by atoms with Gasteiger partial charge in [0.25, 0.3) is 5.91 Å². The molecule has 1 aliphatic carbocycles. The maximum atomic E-state index is 12.5. The second-order valence-corrected chi connectivity index (χ2v) is 6.40. The Balaban J connectivity index is 1.66. The Hall–Kier alpha value is -2.08. The van der Waals surface area contributed by atoms with E-state index in [0.717, 1.165) is 42.7 Å². The van der Waals surface area contributed by atoms with Gasteiger partial charge in [0.15, 0.2) is 11.5 Å². The molecule has 5 nitrogen and oxygen atoms in total. The molecule has 1 aromatic heterocycles. The fourth-order valence-electron chi connectivity index (χ4n) is 3.26. The summed E-state index contributed by atoms with van der Waals surface area (Å²) in [6.07, 6.45) is 4.07. The number of nitrogens with zero attached hydrogens (tertiary/aromatic N) is 1. The number of aromatic nitrogens is 1. The van der Waals surface area contributed by atoms with Crippen LogP contribution in [0.25, 0.3) is 0 Å². The highest BCUT2D eigenvalue weighted by molar-refractivity contribution is 7.07. The molecule has 0 unspecified atom stereocenters. The Morgan fingerprint density at radius 1 is 1.23 bits per heavy atom. The maximum absolute atomic E-state index is 12.5. The second-order valence-electron chi connectivity index (χ2n) is 5.69. The van der Waals surface area contributed by atoms with Gasteiger partial charge in [-0.25, -0.2) is 4.98 Å². The summed E-state index contributed by atoms with van der Waals surface area (Å²) in [4.78, 5) is 16.6. The summed E-state index contributed by atoms with van der Waals surface area (Å²) in [5.41, 5.74) is 2.91. The molecular weight excluding hydrogens is 300 g/mol. The highest BCUT2D eigenvalue weighted by atomic mass is 32.1. The summed E-state index contributed by atoms with van der Waals surface area (Å²) in [5, 5.41) is 4.99. The van der Waals surface area contributed by atoms with Gasteiger partial charge in [-0.1, -0.05) is 18.9 Å². The molecule has 0 radical (unpaired) electrons. The SMILES string of the molecule is O=C(NC1(c2ccc3c(c2)OCO3)CCCC1)c1cscn1. The van der Waals surface area contributed by atoms with E-state index in [9.17, 15) is 4.79 Å². The van der Waals surface area contributed by atoms with Crippen molar-refractivity contribution in [2.45, 2.75) is 31.2 Å². The van der Waals surface area contributed by atoms with E-state index in [1.165, 1.54) is 11.3 Å². The fraction of sp³-hybridized carbons (Fsp3) is 0.375. The van der Waals surface area contributed by atoms with Crippen molar-refractivity contribution >= 4 is 17.2 Å². The van der Waals surface area contributed by atoms with Gasteiger partial charge < -0.3 is 14.8 Å². The highest BCUT2D eigenvalue weighted by Crippen LogP contribution is 2.43. The zero-order valence-corrected chi connectivity index (χ0v) is 12.8. The Morgan fingerprint density at radius 3 is 2.82 bits per heavy atom. The summed E-state index contributed by atoms with van der Waals surface area (Å²) in [6.45, 7) is 0.261. The van der Waals surface area contributed by atoms with Gasteiger partial charge >= 0.3 is 0 Å². The van der Waals surface area contributed by atoms with Gasteiger partial charge in [-0.2, -0.15) is 0 Å². The lowest BCUT2D eigenvalue weighted by molar-refractivity contribution is 0.0893. The summed E-state index contributed by atoms with van der Waals surface area (Å²) in [7, 11) is 0. The van der Waals surface area contributed by atoms with E-state index in [2.05, 4.69) is 10.3 Å². The van der Waals surface area contributed by atoms with Crippen LogP contribution in [0, 0.1) is 0 Å². The van der Waals surface area contributed by atoms with Gasteiger partial charge in [0, 0.05) is 5.38 Å². The van der Waals surface area contributed by atoms with Crippen LogP contribution in [0.15, 0.2) is 29.1 Å². The van der Waals surface area contributed by atoms with Gasteiger partial charge in [-0.3, -0.25) is 4.79 Å². The average Bonchev–Trinajstić information content (AvgIpc) is 3.28. The maximum Gasteiger partial charge on any atom is 0.271 e. The van der Waals surface area contributed by atoms with E-state index in [0.29, 0.717) is 5.69 Å². The number of hydrogen-bond donors (Lipinski definition) is 1. The van der Waals surface area contributed by atoms with E-state index in [-0.39, 0.29) is 18.2 Å². The molecule has 0 spiro atoms.